The van der Waals surface area contributed by atoms with Crippen molar-refractivity contribution in [2.24, 2.45) is 0 Å². The number of nitrogens with one attached hydrogen (secondary N) is 2. The standard InChI is InChI=1S/C22H20F3N3O2S/c23-22(24,25)16-13-15(8-9-17(16)28-10-4-1-5-11-28)26-21(31)27-20(29)19-12-14-6-2-3-7-18(14)30-19/h2-3,6-9,12-13H,1,4-5,10-11H2,(H2,26,27,29,31). The lowest BCUT2D eigenvalue weighted by Gasteiger charge is -2.31. The summed E-state index contributed by atoms with van der Waals surface area (Å²) in [4.78, 5) is 14.1. The van der Waals surface area contributed by atoms with Crippen molar-refractivity contribution in [3.63, 3.8) is 0 Å². The maximum absolute atomic E-state index is 13.7. The summed E-state index contributed by atoms with van der Waals surface area (Å²) in [5.41, 5.74) is 0.124. The molecule has 2 N–H and O–H groups in total. The summed E-state index contributed by atoms with van der Waals surface area (Å²) in [5, 5.41) is 5.73. The molecule has 2 aromatic carbocycles. The fourth-order valence-electron chi connectivity index (χ4n) is 3.67. The number of halogens is 3. The fourth-order valence-corrected chi connectivity index (χ4v) is 3.88. The molecule has 2 heterocycles. The van der Waals surface area contributed by atoms with Gasteiger partial charge in [0.15, 0.2) is 10.9 Å². The summed E-state index contributed by atoms with van der Waals surface area (Å²) >= 11 is 5.11. The molecule has 0 bridgehead atoms. The van der Waals surface area contributed by atoms with E-state index >= 15 is 0 Å². The summed E-state index contributed by atoms with van der Waals surface area (Å²) in [6.45, 7) is 1.20. The number of benzene rings is 2. The summed E-state index contributed by atoms with van der Waals surface area (Å²) in [7, 11) is 0. The van der Waals surface area contributed by atoms with Crippen LogP contribution in [0.4, 0.5) is 24.5 Å². The fraction of sp³-hybridized carbons (Fsp3) is 0.273. The number of alkyl halides is 3. The number of para-hydroxylation sites is 1. The molecule has 1 aliphatic rings. The molecule has 1 amide bonds. The number of anilines is 2. The Labute approximate surface area is 182 Å². The molecule has 5 nitrogen and oxygen atoms in total. The highest BCUT2D eigenvalue weighted by Gasteiger charge is 2.35. The highest BCUT2D eigenvalue weighted by molar-refractivity contribution is 7.80. The monoisotopic (exact) mass is 447 g/mol. The third-order valence-electron chi connectivity index (χ3n) is 5.13. The predicted octanol–water partition coefficient (Wildman–Crippen LogP) is 5.57. The van der Waals surface area contributed by atoms with Crippen molar-refractivity contribution in [1.82, 2.24) is 5.32 Å². The minimum absolute atomic E-state index is 0.0572. The van der Waals surface area contributed by atoms with Gasteiger partial charge in [0.2, 0.25) is 0 Å². The highest BCUT2D eigenvalue weighted by Crippen LogP contribution is 2.39. The average molecular weight is 447 g/mol. The van der Waals surface area contributed by atoms with E-state index in [1.165, 1.54) is 12.1 Å². The van der Waals surface area contributed by atoms with Crippen molar-refractivity contribution in [3.8, 4) is 0 Å². The van der Waals surface area contributed by atoms with Crippen LogP contribution in [0.15, 0.2) is 52.9 Å². The SMILES string of the molecule is O=C(NC(=S)Nc1ccc(N2CCCCC2)c(C(F)(F)F)c1)c1cc2ccccc2o1. The Balaban J connectivity index is 1.48. The average Bonchev–Trinajstić information content (AvgIpc) is 3.18. The van der Waals surface area contributed by atoms with Crippen LogP contribution in [0.5, 0.6) is 0 Å². The lowest BCUT2D eigenvalue weighted by atomic mass is 10.1. The number of nitrogens with zero attached hydrogens (tertiary/aromatic N) is 1. The van der Waals surface area contributed by atoms with E-state index < -0.39 is 17.6 Å². The number of piperidine rings is 1. The first kappa shape index (κ1) is 21.2. The van der Waals surface area contributed by atoms with Crippen molar-refractivity contribution in [3.05, 3.63) is 59.9 Å². The summed E-state index contributed by atoms with van der Waals surface area (Å²) in [6.07, 6.45) is -1.75. The van der Waals surface area contributed by atoms with E-state index in [1.54, 1.807) is 29.2 Å². The smallest absolute Gasteiger partial charge is 0.418 e. The zero-order chi connectivity index (χ0) is 22.0. The molecule has 0 unspecified atom stereocenters. The number of hydrogen-bond acceptors (Lipinski definition) is 4. The molecule has 1 aromatic heterocycles. The molecular formula is C22H20F3N3O2S. The molecule has 1 fully saturated rings. The van der Waals surface area contributed by atoms with Crippen LogP contribution in [0.1, 0.15) is 35.4 Å². The maximum atomic E-state index is 13.7. The molecule has 3 aromatic rings. The van der Waals surface area contributed by atoms with Gasteiger partial charge in [-0.3, -0.25) is 10.1 Å². The van der Waals surface area contributed by atoms with Gasteiger partial charge in [0.25, 0.3) is 5.91 Å². The van der Waals surface area contributed by atoms with Gasteiger partial charge >= 0.3 is 6.18 Å². The molecule has 4 rings (SSSR count). The Morgan fingerprint density at radius 1 is 1.03 bits per heavy atom. The van der Waals surface area contributed by atoms with Crippen LogP contribution in [-0.4, -0.2) is 24.1 Å². The number of amides is 1. The molecule has 0 saturated carbocycles. The van der Waals surface area contributed by atoms with Crippen LogP contribution in [0.2, 0.25) is 0 Å². The van der Waals surface area contributed by atoms with E-state index in [0.29, 0.717) is 18.7 Å². The van der Waals surface area contributed by atoms with E-state index in [0.717, 1.165) is 30.7 Å². The maximum Gasteiger partial charge on any atom is 0.418 e. The quantitative estimate of drug-likeness (QED) is 0.514. The van der Waals surface area contributed by atoms with Crippen molar-refractivity contribution < 1.29 is 22.4 Å². The molecule has 0 aliphatic carbocycles. The van der Waals surface area contributed by atoms with Crippen LogP contribution in [0.25, 0.3) is 11.0 Å². The second kappa shape index (κ2) is 8.58. The van der Waals surface area contributed by atoms with Gasteiger partial charge in [0.1, 0.15) is 5.58 Å². The predicted molar refractivity (Wildman–Crippen MR) is 117 cm³/mol. The number of furan rings is 1. The minimum Gasteiger partial charge on any atom is -0.451 e. The van der Waals surface area contributed by atoms with E-state index in [4.69, 9.17) is 16.6 Å². The van der Waals surface area contributed by atoms with Gasteiger partial charge in [-0.2, -0.15) is 13.2 Å². The molecule has 1 aliphatic heterocycles. The second-order valence-electron chi connectivity index (χ2n) is 7.33. The lowest BCUT2D eigenvalue weighted by molar-refractivity contribution is -0.137. The third-order valence-corrected chi connectivity index (χ3v) is 5.34. The Morgan fingerprint density at radius 3 is 2.48 bits per heavy atom. The van der Waals surface area contributed by atoms with Gasteiger partial charge < -0.3 is 14.6 Å². The largest absolute Gasteiger partial charge is 0.451 e. The molecular weight excluding hydrogens is 427 g/mol. The normalized spacial score (nSPS) is 14.5. The first-order valence-corrected chi connectivity index (χ1v) is 10.3. The number of thiocarbonyl (C=S) groups is 1. The van der Waals surface area contributed by atoms with Crippen LogP contribution < -0.4 is 15.5 Å². The Kier molecular flexibility index (Phi) is 5.86. The molecule has 0 atom stereocenters. The molecule has 0 spiro atoms. The molecule has 162 valence electrons. The van der Waals surface area contributed by atoms with Crippen molar-refractivity contribution >= 4 is 45.6 Å². The van der Waals surface area contributed by atoms with E-state index in [-0.39, 0.29) is 22.2 Å². The highest BCUT2D eigenvalue weighted by atomic mass is 32.1. The summed E-state index contributed by atoms with van der Waals surface area (Å²) in [5.74, 6) is -0.531. The molecule has 0 radical (unpaired) electrons. The van der Waals surface area contributed by atoms with E-state index in [9.17, 15) is 18.0 Å². The van der Waals surface area contributed by atoms with Gasteiger partial charge in [-0.15, -0.1) is 0 Å². The van der Waals surface area contributed by atoms with Gasteiger partial charge in [-0.1, -0.05) is 18.2 Å². The summed E-state index contributed by atoms with van der Waals surface area (Å²) in [6, 6.07) is 12.7. The number of rotatable bonds is 3. The zero-order valence-corrected chi connectivity index (χ0v) is 17.3. The number of carbonyl (C=O) groups excluding carboxylic acids is 1. The second-order valence-corrected chi connectivity index (χ2v) is 7.74. The van der Waals surface area contributed by atoms with Crippen LogP contribution in [0, 0.1) is 0 Å². The molecule has 31 heavy (non-hydrogen) atoms. The van der Waals surface area contributed by atoms with Crippen molar-refractivity contribution in [2.45, 2.75) is 25.4 Å². The van der Waals surface area contributed by atoms with Gasteiger partial charge in [0, 0.05) is 29.9 Å². The summed E-state index contributed by atoms with van der Waals surface area (Å²) < 4.78 is 46.5. The zero-order valence-electron chi connectivity index (χ0n) is 16.5. The number of hydrogen-bond donors (Lipinski definition) is 2. The van der Waals surface area contributed by atoms with Crippen molar-refractivity contribution in [1.29, 1.82) is 0 Å². The van der Waals surface area contributed by atoms with Crippen LogP contribution in [0.3, 0.4) is 0 Å². The molecule has 1 saturated heterocycles. The third kappa shape index (κ3) is 4.82. The number of fused-ring (bicyclic) bond motifs is 1. The van der Waals surface area contributed by atoms with Gasteiger partial charge in [0.05, 0.1) is 5.56 Å². The lowest BCUT2D eigenvalue weighted by Crippen LogP contribution is -2.34. The molecule has 9 heteroatoms. The van der Waals surface area contributed by atoms with E-state index in [2.05, 4.69) is 10.6 Å². The van der Waals surface area contributed by atoms with E-state index in [1.807, 2.05) is 6.07 Å². The van der Waals surface area contributed by atoms with Gasteiger partial charge in [-0.05, 0) is 61.8 Å². The Bertz CT molecular complexity index is 1090. The van der Waals surface area contributed by atoms with Crippen LogP contribution >= 0.6 is 12.2 Å². The Hall–Kier alpha value is -3.07. The first-order valence-electron chi connectivity index (χ1n) is 9.88. The first-order chi connectivity index (χ1) is 14.8. The Morgan fingerprint density at radius 2 is 1.77 bits per heavy atom. The van der Waals surface area contributed by atoms with Gasteiger partial charge in [-0.25, -0.2) is 0 Å². The minimum atomic E-state index is -4.51. The van der Waals surface area contributed by atoms with Crippen LogP contribution in [-0.2, 0) is 6.18 Å². The van der Waals surface area contributed by atoms with Crippen molar-refractivity contribution in [2.75, 3.05) is 23.3 Å². The topological polar surface area (TPSA) is 57.5 Å². The number of carbonyl (C=O) groups is 1.